The van der Waals surface area contributed by atoms with E-state index in [1.165, 1.54) is 6.07 Å². The third-order valence-corrected chi connectivity index (χ3v) is 5.91. The van der Waals surface area contributed by atoms with Crippen LogP contribution in [0.15, 0.2) is 23.5 Å². The van der Waals surface area contributed by atoms with Crippen molar-refractivity contribution in [3.8, 4) is 5.75 Å². The lowest BCUT2D eigenvalue weighted by Crippen LogP contribution is -2.51. The van der Waals surface area contributed by atoms with Gasteiger partial charge in [0.05, 0.1) is 12.2 Å². The zero-order valence-corrected chi connectivity index (χ0v) is 15.4. The van der Waals surface area contributed by atoms with Crippen LogP contribution in [0.2, 0.25) is 0 Å². The van der Waals surface area contributed by atoms with Crippen LogP contribution in [0.3, 0.4) is 0 Å². The molecule has 1 amide bonds. The number of phenolic OH excluding ortho intramolecular Hbond substituents is 1. The van der Waals surface area contributed by atoms with E-state index in [1.54, 1.807) is 6.07 Å². The largest absolute Gasteiger partial charge is 0.508 e. The van der Waals surface area contributed by atoms with Gasteiger partial charge in [-0.3, -0.25) is 14.4 Å². The van der Waals surface area contributed by atoms with Crippen molar-refractivity contribution in [2.24, 2.45) is 17.6 Å². The molecule has 0 saturated carbocycles. The number of carbonyl (C=O) groups is 3. The third-order valence-electron chi connectivity index (χ3n) is 5.91. The minimum Gasteiger partial charge on any atom is -0.508 e. The monoisotopic (exact) mass is 389 g/mol. The minimum absolute atomic E-state index is 0.0737. The Hall–Kier alpha value is -2.71. The maximum Gasteiger partial charge on any atom is 0.255 e. The molecule has 2 aliphatic carbocycles. The second-order valence-corrected chi connectivity index (χ2v) is 7.68. The van der Waals surface area contributed by atoms with Gasteiger partial charge in [-0.05, 0) is 42.9 Å². The van der Waals surface area contributed by atoms with Crippen molar-refractivity contribution in [2.45, 2.75) is 38.2 Å². The molecule has 0 unspecified atom stereocenters. The fourth-order valence-corrected chi connectivity index (χ4v) is 4.38. The van der Waals surface area contributed by atoms with Crippen LogP contribution in [0, 0.1) is 18.8 Å². The molecule has 0 radical (unpaired) electrons. The number of amides is 1. The number of aliphatic hydroxyl groups is 3. The lowest BCUT2D eigenvalue weighted by Gasteiger charge is -2.40. The van der Waals surface area contributed by atoms with Crippen LogP contribution in [0.4, 0.5) is 0 Å². The van der Waals surface area contributed by atoms with Crippen LogP contribution in [0.1, 0.15) is 40.7 Å². The fraction of sp³-hybridized carbons (Fsp3) is 0.450. The van der Waals surface area contributed by atoms with Gasteiger partial charge in [0.2, 0.25) is 0 Å². The van der Waals surface area contributed by atoms with Crippen molar-refractivity contribution in [2.75, 3.05) is 6.61 Å². The van der Waals surface area contributed by atoms with Crippen molar-refractivity contribution < 1.29 is 34.8 Å². The number of hydrogen-bond donors (Lipinski definition) is 5. The molecule has 3 rings (SSSR count). The highest BCUT2D eigenvalue weighted by atomic mass is 16.4. The summed E-state index contributed by atoms with van der Waals surface area (Å²) in [6.45, 7) is 0.931. The van der Waals surface area contributed by atoms with E-state index >= 15 is 0 Å². The van der Waals surface area contributed by atoms with Gasteiger partial charge in [-0.25, -0.2) is 0 Å². The molecule has 2 aliphatic rings. The van der Waals surface area contributed by atoms with Gasteiger partial charge in [0.25, 0.3) is 5.91 Å². The number of aromatic hydroxyl groups is 1. The molecule has 0 aromatic heterocycles. The van der Waals surface area contributed by atoms with E-state index in [0.29, 0.717) is 17.5 Å². The van der Waals surface area contributed by atoms with E-state index < -0.39 is 41.1 Å². The van der Waals surface area contributed by atoms with Gasteiger partial charge in [-0.1, -0.05) is 6.07 Å². The normalized spacial score (nSPS) is 27.7. The van der Waals surface area contributed by atoms with Crippen LogP contribution in [-0.2, 0) is 16.0 Å². The lowest BCUT2D eigenvalue weighted by molar-refractivity contribution is -0.130. The van der Waals surface area contributed by atoms with Crippen LogP contribution in [0.5, 0.6) is 5.75 Å². The van der Waals surface area contributed by atoms with Crippen LogP contribution in [-0.4, -0.2) is 50.1 Å². The Morgan fingerprint density at radius 3 is 2.46 bits per heavy atom. The first-order valence-electron chi connectivity index (χ1n) is 9.04. The second-order valence-electron chi connectivity index (χ2n) is 7.68. The molecule has 150 valence electrons. The summed E-state index contributed by atoms with van der Waals surface area (Å²) < 4.78 is 0. The Kier molecular flexibility index (Phi) is 5.03. The predicted octanol–water partition coefficient (Wildman–Crippen LogP) is 0.446. The van der Waals surface area contributed by atoms with Gasteiger partial charge in [0, 0.05) is 18.8 Å². The van der Waals surface area contributed by atoms with Gasteiger partial charge >= 0.3 is 0 Å². The number of phenols is 1. The molecule has 0 heterocycles. The highest BCUT2D eigenvalue weighted by molar-refractivity contribution is 6.20. The Bertz CT molecular complexity index is 904. The summed E-state index contributed by atoms with van der Waals surface area (Å²) in [5, 5.41) is 40.8. The minimum atomic E-state index is -2.19. The van der Waals surface area contributed by atoms with E-state index in [9.17, 15) is 34.8 Å². The first-order valence-corrected chi connectivity index (χ1v) is 9.04. The molecule has 3 atom stereocenters. The molecular formula is C20H23NO7. The number of aryl methyl sites for hydroxylation is 1. The number of rotatable bonds is 4. The average molecular weight is 389 g/mol. The summed E-state index contributed by atoms with van der Waals surface area (Å²) in [7, 11) is 0. The number of primary amides is 1. The molecule has 28 heavy (non-hydrogen) atoms. The molecule has 8 nitrogen and oxygen atoms in total. The molecule has 8 heteroatoms. The van der Waals surface area contributed by atoms with Crippen molar-refractivity contribution in [1.29, 1.82) is 0 Å². The molecule has 1 aromatic carbocycles. The predicted molar refractivity (Wildman–Crippen MR) is 97.6 cm³/mol. The topological polar surface area (TPSA) is 158 Å². The summed E-state index contributed by atoms with van der Waals surface area (Å²) in [5.74, 6) is -4.25. The number of benzene rings is 1. The molecule has 0 saturated heterocycles. The molecule has 0 bridgehead atoms. The van der Waals surface area contributed by atoms with Gasteiger partial charge < -0.3 is 26.2 Å². The van der Waals surface area contributed by atoms with Crippen LogP contribution in [0.25, 0.3) is 0 Å². The summed E-state index contributed by atoms with van der Waals surface area (Å²) in [6, 6.07) is 3.19. The number of ketones is 2. The standard InChI is InChI=1S/C20H23NO7/c1-9-2-3-13(23)16-12(9)5-10(6-14(16)24)4-11-7-15(25)17(19(21)27)18(26)20(11,28)8-22/h2-3,10-11,22-23,26,28H,4-8H2,1H3,(H2,21,27)/t10-,11+,20-/m1/s1. The molecule has 1 aromatic rings. The number of aliphatic hydroxyl groups excluding tert-OH is 2. The van der Waals surface area contributed by atoms with Gasteiger partial charge in [0.1, 0.15) is 22.7 Å². The summed E-state index contributed by atoms with van der Waals surface area (Å²) in [4.78, 5) is 36.3. The molecular weight excluding hydrogens is 366 g/mol. The third kappa shape index (κ3) is 3.08. The zero-order chi connectivity index (χ0) is 20.8. The SMILES string of the molecule is Cc1ccc(O)c2c1C[C@@H](C[C@H]1CC(=O)C(C(N)=O)=C(O)[C@@]1(O)CO)CC2=O. The summed E-state index contributed by atoms with van der Waals surface area (Å²) in [5.41, 5.74) is 4.10. The molecule has 6 N–H and O–H groups in total. The number of Topliss-reactive ketones (excluding diaryl/α,β-unsaturated/α-hetero) is 2. The molecule has 0 aliphatic heterocycles. The van der Waals surface area contributed by atoms with E-state index in [1.807, 2.05) is 6.92 Å². The molecule has 0 spiro atoms. The second kappa shape index (κ2) is 7.03. The Labute approximate surface area is 161 Å². The average Bonchev–Trinajstić information content (AvgIpc) is 2.62. The van der Waals surface area contributed by atoms with Crippen molar-refractivity contribution in [3.63, 3.8) is 0 Å². The first-order chi connectivity index (χ1) is 13.1. The Morgan fingerprint density at radius 2 is 1.86 bits per heavy atom. The van der Waals surface area contributed by atoms with E-state index in [-0.39, 0.29) is 36.7 Å². The van der Waals surface area contributed by atoms with Crippen molar-refractivity contribution in [3.05, 3.63) is 40.2 Å². The van der Waals surface area contributed by atoms with Crippen LogP contribution < -0.4 is 5.73 Å². The zero-order valence-electron chi connectivity index (χ0n) is 15.4. The molecule has 0 fully saturated rings. The van der Waals surface area contributed by atoms with E-state index in [0.717, 1.165) is 5.56 Å². The van der Waals surface area contributed by atoms with E-state index in [4.69, 9.17) is 5.73 Å². The van der Waals surface area contributed by atoms with Gasteiger partial charge in [-0.15, -0.1) is 0 Å². The number of nitrogens with two attached hydrogens (primary N) is 1. The van der Waals surface area contributed by atoms with Crippen LogP contribution >= 0.6 is 0 Å². The Morgan fingerprint density at radius 1 is 1.18 bits per heavy atom. The van der Waals surface area contributed by atoms with E-state index in [2.05, 4.69) is 0 Å². The number of fused-ring (bicyclic) bond motifs is 1. The maximum absolute atomic E-state index is 12.6. The summed E-state index contributed by atoms with van der Waals surface area (Å²) >= 11 is 0. The fourth-order valence-electron chi connectivity index (χ4n) is 4.38. The maximum atomic E-state index is 12.6. The highest BCUT2D eigenvalue weighted by Gasteiger charge is 2.50. The van der Waals surface area contributed by atoms with Gasteiger partial charge in [0.15, 0.2) is 11.6 Å². The number of carbonyl (C=O) groups excluding carboxylic acids is 3. The number of hydrogen-bond acceptors (Lipinski definition) is 7. The quantitative estimate of drug-likeness (QED) is 0.468. The highest BCUT2D eigenvalue weighted by Crippen LogP contribution is 2.42. The smallest absolute Gasteiger partial charge is 0.255 e. The van der Waals surface area contributed by atoms with Crippen molar-refractivity contribution in [1.82, 2.24) is 0 Å². The summed E-state index contributed by atoms with van der Waals surface area (Å²) in [6.07, 6.45) is 0.430. The Balaban J connectivity index is 1.92. The lowest BCUT2D eigenvalue weighted by atomic mass is 9.68. The van der Waals surface area contributed by atoms with Gasteiger partial charge in [-0.2, -0.15) is 0 Å². The van der Waals surface area contributed by atoms with Crippen molar-refractivity contribution >= 4 is 17.5 Å². The first kappa shape index (κ1) is 20.0.